The van der Waals surface area contributed by atoms with Crippen LogP contribution in [-0.2, 0) is 19.3 Å². The van der Waals surface area contributed by atoms with Gasteiger partial charge in [-0.05, 0) is 24.6 Å². The number of aromatic amines is 1. The second-order valence-electron chi connectivity index (χ2n) is 4.97. The normalized spacial score (nSPS) is 11.4. The Morgan fingerprint density at radius 3 is 3.00 bits per heavy atom. The van der Waals surface area contributed by atoms with Crippen LogP contribution in [0.25, 0.3) is 11.0 Å². The van der Waals surface area contributed by atoms with Crippen LogP contribution < -0.4 is 5.69 Å². The van der Waals surface area contributed by atoms with E-state index in [2.05, 4.69) is 15.2 Å². The van der Waals surface area contributed by atoms with Gasteiger partial charge in [0.2, 0.25) is 0 Å². The summed E-state index contributed by atoms with van der Waals surface area (Å²) < 4.78 is 3.69. The molecule has 2 aromatic heterocycles. The summed E-state index contributed by atoms with van der Waals surface area (Å²) in [6, 6.07) is 5.67. The van der Waals surface area contributed by atoms with Crippen LogP contribution in [0.15, 0.2) is 28.2 Å². The number of aryl methyl sites for hydroxylation is 1. The highest BCUT2D eigenvalue weighted by Gasteiger charge is 2.12. The van der Waals surface area contributed by atoms with Crippen LogP contribution in [-0.4, -0.2) is 24.3 Å². The van der Waals surface area contributed by atoms with E-state index >= 15 is 0 Å². The molecule has 0 atom stereocenters. The molecule has 8 heteroatoms. The largest absolute Gasteiger partial charge is 0.343 e. The molecule has 1 aromatic carbocycles. The molecular weight excluding hydrogens is 322 g/mol. The molecule has 0 aliphatic heterocycles. The summed E-state index contributed by atoms with van der Waals surface area (Å²) in [4.78, 5) is 16.3. The Hall–Kier alpha value is -1.73. The van der Waals surface area contributed by atoms with Crippen molar-refractivity contribution in [2.24, 2.45) is 7.05 Å². The molecule has 0 bridgehead atoms. The molecule has 3 rings (SSSR count). The highest BCUT2D eigenvalue weighted by Crippen LogP contribution is 2.24. The minimum absolute atomic E-state index is 0.166. The molecule has 0 aliphatic rings. The Labute approximate surface area is 136 Å². The first-order valence-corrected chi connectivity index (χ1v) is 8.35. The summed E-state index contributed by atoms with van der Waals surface area (Å²) in [6.07, 6.45) is 0.887. The number of aromatic nitrogens is 5. The van der Waals surface area contributed by atoms with E-state index in [1.807, 2.05) is 36.7 Å². The lowest BCUT2D eigenvalue weighted by Gasteiger charge is -2.04. The number of benzene rings is 1. The first-order valence-electron chi connectivity index (χ1n) is 6.99. The SMILES string of the molecule is CCCn1c(SCc2nc3cc(Cl)ccc3n2C)n[nH]c1=O. The van der Waals surface area contributed by atoms with Crippen molar-refractivity contribution in [3.8, 4) is 0 Å². The van der Waals surface area contributed by atoms with E-state index in [0.29, 0.717) is 22.5 Å². The summed E-state index contributed by atoms with van der Waals surface area (Å²) in [6.45, 7) is 2.69. The second kappa shape index (κ2) is 6.18. The van der Waals surface area contributed by atoms with Gasteiger partial charge >= 0.3 is 5.69 Å². The van der Waals surface area contributed by atoms with Gasteiger partial charge in [-0.25, -0.2) is 14.9 Å². The van der Waals surface area contributed by atoms with Gasteiger partial charge in [0.25, 0.3) is 0 Å². The Morgan fingerprint density at radius 2 is 2.23 bits per heavy atom. The fourth-order valence-electron chi connectivity index (χ4n) is 2.32. The summed E-state index contributed by atoms with van der Waals surface area (Å²) >= 11 is 7.50. The van der Waals surface area contributed by atoms with E-state index in [1.165, 1.54) is 11.8 Å². The topological polar surface area (TPSA) is 68.5 Å². The predicted molar refractivity (Wildman–Crippen MR) is 88.4 cm³/mol. The summed E-state index contributed by atoms with van der Waals surface area (Å²) in [7, 11) is 1.98. The van der Waals surface area contributed by atoms with Crippen molar-refractivity contribution in [1.82, 2.24) is 24.3 Å². The van der Waals surface area contributed by atoms with E-state index in [4.69, 9.17) is 11.6 Å². The number of hydrogen-bond donors (Lipinski definition) is 1. The predicted octanol–water partition coefficient (Wildman–Crippen LogP) is 2.81. The maximum Gasteiger partial charge on any atom is 0.343 e. The van der Waals surface area contributed by atoms with Crippen LogP contribution in [0.4, 0.5) is 0 Å². The van der Waals surface area contributed by atoms with Crippen LogP contribution >= 0.6 is 23.4 Å². The zero-order chi connectivity index (χ0) is 15.7. The van der Waals surface area contributed by atoms with Crippen molar-refractivity contribution < 1.29 is 0 Å². The van der Waals surface area contributed by atoms with Crippen molar-refractivity contribution in [2.45, 2.75) is 30.8 Å². The smallest absolute Gasteiger partial charge is 0.330 e. The van der Waals surface area contributed by atoms with Crippen molar-refractivity contribution in [2.75, 3.05) is 0 Å². The van der Waals surface area contributed by atoms with Crippen LogP contribution in [0, 0.1) is 0 Å². The number of fused-ring (bicyclic) bond motifs is 1. The molecule has 0 spiro atoms. The number of hydrogen-bond acceptors (Lipinski definition) is 4. The molecule has 0 amide bonds. The Kier molecular flexibility index (Phi) is 4.26. The molecule has 0 saturated carbocycles. The van der Waals surface area contributed by atoms with Crippen LogP contribution in [0.5, 0.6) is 0 Å². The monoisotopic (exact) mass is 337 g/mol. The third kappa shape index (κ3) is 2.78. The number of rotatable bonds is 5. The van der Waals surface area contributed by atoms with Crippen LogP contribution in [0.2, 0.25) is 5.02 Å². The zero-order valence-corrected chi connectivity index (χ0v) is 13.9. The third-order valence-corrected chi connectivity index (χ3v) is 4.64. The minimum Gasteiger partial charge on any atom is -0.330 e. The van der Waals surface area contributed by atoms with Crippen molar-refractivity contribution >= 4 is 34.4 Å². The average molecular weight is 338 g/mol. The number of halogens is 1. The van der Waals surface area contributed by atoms with Gasteiger partial charge in [-0.1, -0.05) is 30.3 Å². The van der Waals surface area contributed by atoms with E-state index in [-0.39, 0.29) is 5.69 Å². The van der Waals surface area contributed by atoms with Crippen LogP contribution in [0.1, 0.15) is 19.2 Å². The fourth-order valence-corrected chi connectivity index (χ4v) is 3.44. The number of nitrogens with one attached hydrogen (secondary N) is 1. The number of imidazole rings is 1. The van der Waals surface area contributed by atoms with Gasteiger partial charge < -0.3 is 4.57 Å². The maximum absolute atomic E-state index is 11.7. The number of H-pyrrole nitrogens is 1. The maximum atomic E-state index is 11.7. The summed E-state index contributed by atoms with van der Waals surface area (Å²) in [5.74, 6) is 1.55. The molecule has 116 valence electrons. The molecule has 6 nitrogen and oxygen atoms in total. The quantitative estimate of drug-likeness (QED) is 0.727. The lowest BCUT2D eigenvalue weighted by molar-refractivity contribution is 0.603. The molecule has 3 aromatic rings. The first kappa shape index (κ1) is 15.2. The average Bonchev–Trinajstić information content (AvgIpc) is 2.99. The second-order valence-corrected chi connectivity index (χ2v) is 6.35. The molecule has 2 heterocycles. The highest BCUT2D eigenvalue weighted by molar-refractivity contribution is 7.98. The summed E-state index contributed by atoms with van der Waals surface area (Å²) in [5.41, 5.74) is 1.74. The van der Waals surface area contributed by atoms with Crippen molar-refractivity contribution in [1.29, 1.82) is 0 Å². The molecular formula is C14H16ClN5OS. The molecule has 0 saturated heterocycles. The lowest BCUT2D eigenvalue weighted by Crippen LogP contribution is -2.17. The minimum atomic E-state index is -0.166. The van der Waals surface area contributed by atoms with Gasteiger partial charge in [0.15, 0.2) is 5.16 Å². The van der Waals surface area contributed by atoms with E-state index < -0.39 is 0 Å². The number of nitrogens with zero attached hydrogens (tertiary/aromatic N) is 4. The molecule has 1 N–H and O–H groups in total. The van der Waals surface area contributed by atoms with Gasteiger partial charge in [-0.15, -0.1) is 5.10 Å². The van der Waals surface area contributed by atoms with Crippen molar-refractivity contribution in [3.63, 3.8) is 0 Å². The fraction of sp³-hybridized carbons (Fsp3) is 0.357. The molecule has 22 heavy (non-hydrogen) atoms. The lowest BCUT2D eigenvalue weighted by atomic mass is 10.3. The van der Waals surface area contributed by atoms with Crippen LogP contribution in [0.3, 0.4) is 0 Å². The van der Waals surface area contributed by atoms with Crippen molar-refractivity contribution in [3.05, 3.63) is 39.5 Å². The van der Waals surface area contributed by atoms with Gasteiger partial charge in [-0.2, -0.15) is 0 Å². The first-order chi connectivity index (χ1) is 10.6. The van der Waals surface area contributed by atoms with Gasteiger partial charge in [0, 0.05) is 18.6 Å². The zero-order valence-electron chi connectivity index (χ0n) is 12.3. The molecule has 0 aliphatic carbocycles. The molecule has 0 fully saturated rings. The summed E-state index contributed by atoms with van der Waals surface area (Å²) in [5, 5.41) is 7.94. The van der Waals surface area contributed by atoms with E-state index in [1.54, 1.807) is 4.57 Å². The van der Waals surface area contributed by atoms with Gasteiger partial charge in [0.1, 0.15) is 5.82 Å². The highest BCUT2D eigenvalue weighted by atomic mass is 35.5. The Bertz CT molecular complexity index is 866. The number of thioether (sulfide) groups is 1. The molecule has 0 radical (unpaired) electrons. The van der Waals surface area contributed by atoms with E-state index in [9.17, 15) is 4.79 Å². The van der Waals surface area contributed by atoms with Gasteiger partial charge in [0.05, 0.1) is 16.8 Å². The van der Waals surface area contributed by atoms with E-state index in [0.717, 1.165) is 23.3 Å². The standard InChI is InChI=1S/C14H16ClN5OS/c1-3-6-20-13(21)17-18-14(20)22-8-12-16-10-7-9(15)4-5-11(10)19(12)2/h4-5,7H,3,6,8H2,1-2H3,(H,17,21). The Morgan fingerprint density at radius 1 is 1.41 bits per heavy atom. The molecule has 0 unspecified atom stereocenters. The third-order valence-electron chi connectivity index (χ3n) is 3.44. The Balaban J connectivity index is 1.85. The van der Waals surface area contributed by atoms with Gasteiger partial charge in [-0.3, -0.25) is 4.57 Å².